The van der Waals surface area contributed by atoms with Crippen molar-refractivity contribution in [3.63, 3.8) is 0 Å². The second-order valence-corrected chi connectivity index (χ2v) is 11.3. The van der Waals surface area contributed by atoms with Gasteiger partial charge in [0, 0.05) is 17.5 Å². The van der Waals surface area contributed by atoms with Crippen LogP contribution in [0.4, 0.5) is 0 Å². The van der Waals surface area contributed by atoms with Crippen LogP contribution in [0.25, 0.3) is 0 Å². The largest absolute Gasteiger partial charge is 0.519 e. The van der Waals surface area contributed by atoms with Gasteiger partial charge < -0.3 is 23.2 Å². The molecule has 1 saturated heterocycles. The van der Waals surface area contributed by atoms with Crippen molar-refractivity contribution < 1.29 is 32.7 Å². The third kappa shape index (κ3) is 8.09. The molecule has 4 rings (SSSR count). The molecule has 1 aliphatic heterocycles. The number of carbonyl (C=O) groups is 3. The van der Waals surface area contributed by atoms with Crippen LogP contribution in [0.1, 0.15) is 41.2 Å². The topological polar surface area (TPSA) is 128 Å². The zero-order valence-corrected chi connectivity index (χ0v) is 24.0. The number of hydrogen-bond donors (Lipinski definition) is 1. The summed E-state index contributed by atoms with van der Waals surface area (Å²) in [7, 11) is 0. The molecule has 0 aliphatic carbocycles. The van der Waals surface area contributed by atoms with Crippen molar-refractivity contribution in [2.24, 2.45) is 0 Å². The molecule has 40 heavy (non-hydrogen) atoms. The monoisotopic (exact) mass is 588 g/mol. The number of aryl methyl sites for hydroxylation is 2. The van der Waals surface area contributed by atoms with Crippen LogP contribution in [0.15, 0.2) is 60.8 Å². The lowest BCUT2D eigenvalue weighted by Gasteiger charge is -2.27. The molecule has 1 N–H and O–H groups in total. The molecule has 2 aromatic heterocycles. The molecule has 3 unspecified atom stereocenters. The maximum absolute atomic E-state index is 13.7. The predicted octanol–water partition coefficient (Wildman–Crippen LogP) is 3.49. The second-order valence-electron chi connectivity index (χ2n) is 9.24. The van der Waals surface area contributed by atoms with E-state index in [4.69, 9.17) is 18.3 Å². The van der Waals surface area contributed by atoms with Gasteiger partial charge in [-0.25, -0.2) is 4.79 Å². The van der Waals surface area contributed by atoms with Crippen molar-refractivity contribution in [1.82, 2.24) is 10.2 Å². The fraction of sp³-hybridized carbons (Fsp3) is 0.429. The number of nitrogens with one attached hydrogen (secondary N) is 1. The number of benzene rings is 1. The average molecular weight is 589 g/mol. The van der Waals surface area contributed by atoms with E-state index in [1.807, 2.05) is 47.2 Å². The minimum Gasteiger partial charge on any atom is -0.465 e. The van der Waals surface area contributed by atoms with Crippen molar-refractivity contribution in [2.45, 2.75) is 50.6 Å². The third-order valence-corrected chi connectivity index (χ3v) is 8.48. The molecule has 214 valence electrons. The van der Waals surface area contributed by atoms with E-state index in [-0.39, 0.29) is 42.4 Å². The van der Waals surface area contributed by atoms with Crippen molar-refractivity contribution in [1.29, 1.82) is 0 Å². The number of thioether (sulfide) groups is 1. The van der Waals surface area contributed by atoms with Gasteiger partial charge in [0.25, 0.3) is 0 Å². The number of amides is 1. The number of nitrogens with zero attached hydrogens (tertiary/aromatic N) is 1. The van der Waals surface area contributed by atoms with E-state index in [1.54, 1.807) is 30.0 Å². The maximum atomic E-state index is 13.7. The van der Waals surface area contributed by atoms with Crippen molar-refractivity contribution in [3.05, 3.63) is 80.4 Å². The van der Waals surface area contributed by atoms with Crippen LogP contribution in [0.5, 0.6) is 0 Å². The molecule has 3 heterocycles. The SMILES string of the molecule is CCOC(=O)C(CCc1ccccc1)NC1CSC(c2ccsc2)CN(CC(=O)OCc2oc(=O)oc2C)C1=O. The molecule has 1 amide bonds. The summed E-state index contributed by atoms with van der Waals surface area (Å²) in [6.07, 6.45) is 1.07. The summed E-state index contributed by atoms with van der Waals surface area (Å²) in [6.45, 7) is 3.21. The minimum atomic E-state index is -0.876. The molecule has 3 aromatic rings. The normalized spacial score (nSPS) is 18.2. The van der Waals surface area contributed by atoms with E-state index in [0.717, 1.165) is 11.1 Å². The molecule has 1 aliphatic rings. The highest BCUT2D eigenvalue weighted by Crippen LogP contribution is 2.34. The lowest BCUT2D eigenvalue weighted by molar-refractivity contribution is -0.152. The smallest absolute Gasteiger partial charge is 0.465 e. The summed E-state index contributed by atoms with van der Waals surface area (Å²) in [5.74, 6) is -1.51. The fourth-order valence-electron chi connectivity index (χ4n) is 4.33. The first kappa shape index (κ1) is 29.6. The van der Waals surface area contributed by atoms with Gasteiger partial charge >= 0.3 is 17.8 Å². The molecular weight excluding hydrogens is 556 g/mol. The summed E-state index contributed by atoms with van der Waals surface area (Å²) in [6, 6.07) is 10.4. The van der Waals surface area contributed by atoms with E-state index < -0.39 is 29.8 Å². The first-order valence-corrected chi connectivity index (χ1v) is 15.0. The van der Waals surface area contributed by atoms with Crippen LogP contribution < -0.4 is 11.1 Å². The Morgan fingerprint density at radius 3 is 2.62 bits per heavy atom. The van der Waals surface area contributed by atoms with E-state index in [9.17, 15) is 19.2 Å². The molecule has 0 saturated carbocycles. The molecule has 10 nitrogen and oxygen atoms in total. The Labute approximate surface area is 240 Å². The highest BCUT2D eigenvalue weighted by atomic mass is 32.2. The highest BCUT2D eigenvalue weighted by Gasteiger charge is 2.36. The van der Waals surface area contributed by atoms with Crippen LogP contribution in [0, 0.1) is 6.92 Å². The standard InChI is InChI=1S/C28H32N2O8S2/c1-3-35-27(33)21(10-9-19-7-5-4-6-8-19)29-22-17-40-24(20-11-12-39-16-20)13-30(26(22)32)14-25(31)36-15-23-18(2)37-28(34)38-23/h4-8,11-12,16,21-22,24,29H,3,9-10,13-15,17H2,1-2H3. The Hall–Kier alpha value is -3.35. The zero-order chi connectivity index (χ0) is 28.5. The number of carbonyl (C=O) groups excluding carboxylic acids is 3. The van der Waals surface area contributed by atoms with Gasteiger partial charge in [-0.3, -0.25) is 19.7 Å². The Kier molecular flexibility index (Phi) is 10.6. The van der Waals surface area contributed by atoms with Gasteiger partial charge in [0.15, 0.2) is 18.1 Å². The Balaban J connectivity index is 1.48. The summed E-state index contributed by atoms with van der Waals surface area (Å²) in [5.41, 5.74) is 2.13. The maximum Gasteiger partial charge on any atom is 0.519 e. The lowest BCUT2D eigenvalue weighted by Crippen LogP contribution is -2.53. The van der Waals surface area contributed by atoms with E-state index in [1.165, 1.54) is 11.8 Å². The first-order chi connectivity index (χ1) is 19.3. The van der Waals surface area contributed by atoms with Gasteiger partial charge in [0.1, 0.15) is 12.6 Å². The van der Waals surface area contributed by atoms with Crippen molar-refractivity contribution in [2.75, 3.05) is 25.4 Å². The first-order valence-electron chi connectivity index (χ1n) is 13.0. The van der Waals surface area contributed by atoms with Crippen LogP contribution in [-0.2, 0) is 36.9 Å². The Bertz CT molecular complexity index is 1320. The van der Waals surface area contributed by atoms with Gasteiger partial charge in [-0.05, 0) is 54.6 Å². The lowest BCUT2D eigenvalue weighted by atomic mass is 10.0. The van der Waals surface area contributed by atoms with Gasteiger partial charge in [-0.1, -0.05) is 30.3 Å². The zero-order valence-electron chi connectivity index (χ0n) is 22.3. The molecule has 1 fully saturated rings. The van der Waals surface area contributed by atoms with Crippen LogP contribution in [-0.4, -0.2) is 60.3 Å². The molecule has 1 aromatic carbocycles. The summed E-state index contributed by atoms with van der Waals surface area (Å²) in [5, 5.41) is 7.17. The van der Waals surface area contributed by atoms with E-state index in [2.05, 4.69) is 5.32 Å². The molecule has 0 radical (unpaired) electrons. The number of rotatable bonds is 12. The molecule has 0 bridgehead atoms. The average Bonchev–Trinajstić information content (AvgIpc) is 3.56. The Morgan fingerprint density at radius 1 is 1.15 bits per heavy atom. The van der Waals surface area contributed by atoms with Gasteiger partial charge in [-0.15, -0.1) is 11.8 Å². The minimum absolute atomic E-state index is 0.0608. The molecule has 3 atom stereocenters. The number of thiophene rings is 1. The highest BCUT2D eigenvalue weighted by molar-refractivity contribution is 7.99. The second kappa shape index (κ2) is 14.3. The summed E-state index contributed by atoms with van der Waals surface area (Å²) >= 11 is 3.16. The quantitative estimate of drug-likeness (QED) is 0.314. The predicted molar refractivity (Wildman–Crippen MR) is 150 cm³/mol. The van der Waals surface area contributed by atoms with Crippen molar-refractivity contribution >= 4 is 40.9 Å². The third-order valence-electron chi connectivity index (χ3n) is 6.43. The summed E-state index contributed by atoms with van der Waals surface area (Å²) in [4.78, 5) is 52.1. The summed E-state index contributed by atoms with van der Waals surface area (Å²) < 4.78 is 20.3. The molecule has 0 spiro atoms. The number of hydrogen-bond acceptors (Lipinski definition) is 11. The Morgan fingerprint density at radius 2 is 1.95 bits per heavy atom. The van der Waals surface area contributed by atoms with Crippen molar-refractivity contribution in [3.8, 4) is 0 Å². The van der Waals surface area contributed by atoms with Crippen LogP contribution >= 0.6 is 23.1 Å². The van der Waals surface area contributed by atoms with Gasteiger partial charge in [0.05, 0.1) is 12.6 Å². The molecule has 12 heteroatoms. The van der Waals surface area contributed by atoms with Gasteiger partial charge in [0.2, 0.25) is 5.91 Å². The van der Waals surface area contributed by atoms with Crippen LogP contribution in [0.3, 0.4) is 0 Å². The van der Waals surface area contributed by atoms with E-state index >= 15 is 0 Å². The molecular formula is C28H32N2O8S2. The van der Waals surface area contributed by atoms with Crippen LogP contribution in [0.2, 0.25) is 0 Å². The fourth-order valence-corrected chi connectivity index (χ4v) is 6.42. The van der Waals surface area contributed by atoms with E-state index in [0.29, 0.717) is 25.1 Å². The van der Waals surface area contributed by atoms with Gasteiger partial charge in [-0.2, -0.15) is 11.3 Å². The number of esters is 2. The number of ether oxygens (including phenoxy) is 2.